The van der Waals surface area contributed by atoms with Crippen LogP contribution in [0.2, 0.25) is 0 Å². The Hall–Kier alpha value is -0.570. The van der Waals surface area contributed by atoms with E-state index in [0.29, 0.717) is 17.9 Å². The summed E-state index contributed by atoms with van der Waals surface area (Å²) in [4.78, 5) is 12.2. The van der Waals surface area contributed by atoms with Crippen LogP contribution in [0.4, 0.5) is 0 Å². The third-order valence-electron chi connectivity index (χ3n) is 5.58. The monoisotopic (exact) mass is 280 g/mol. The second-order valence-corrected chi connectivity index (χ2v) is 8.84. The first-order valence-electron chi connectivity index (χ1n) is 8.09. The maximum atomic E-state index is 12.2. The van der Waals surface area contributed by atoms with Crippen LogP contribution in [-0.2, 0) is 4.79 Å². The molecule has 0 saturated heterocycles. The molecule has 2 saturated carbocycles. The highest BCUT2D eigenvalue weighted by atomic mass is 16.1. The molecule has 2 rings (SSSR count). The molecule has 0 aromatic rings. The molecule has 0 radical (unpaired) electrons. The van der Waals surface area contributed by atoms with E-state index in [1.54, 1.807) is 0 Å². The molecule has 1 amide bonds. The van der Waals surface area contributed by atoms with Crippen LogP contribution < -0.4 is 10.6 Å². The van der Waals surface area contributed by atoms with Gasteiger partial charge in [-0.3, -0.25) is 4.79 Å². The zero-order valence-electron chi connectivity index (χ0n) is 14.1. The van der Waals surface area contributed by atoms with E-state index in [9.17, 15) is 4.79 Å². The number of nitrogens with one attached hydrogen (secondary N) is 2. The molecule has 0 aliphatic heterocycles. The number of fused-ring (bicyclic) bond motifs is 2. The van der Waals surface area contributed by atoms with Crippen LogP contribution in [-0.4, -0.2) is 24.0 Å². The van der Waals surface area contributed by atoms with Gasteiger partial charge in [-0.1, -0.05) is 20.8 Å². The number of carbonyl (C=O) groups excluding carboxylic acids is 1. The predicted octanol–water partition coefficient (Wildman–Crippen LogP) is 3.10. The number of carbonyl (C=O) groups is 1. The summed E-state index contributed by atoms with van der Waals surface area (Å²) < 4.78 is 0. The zero-order valence-corrected chi connectivity index (χ0v) is 14.1. The lowest BCUT2D eigenvalue weighted by molar-refractivity contribution is -0.123. The molecule has 2 fully saturated rings. The summed E-state index contributed by atoms with van der Waals surface area (Å²) in [6.07, 6.45) is 4.46. The summed E-state index contributed by atoms with van der Waals surface area (Å²) in [6.45, 7) is 14.2. The Bertz CT molecular complexity index is 378. The van der Waals surface area contributed by atoms with Crippen LogP contribution in [0.25, 0.3) is 0 Å². The van der Waals surface area contributed by atoms with Gasteiger partial charge in [0.1, 0.15) is 0 Å². The van der Waals surface area contributed by atoms with Gasteiger partial charge in [-0.2, -0.15) is 0 Å². The summed E-state index contributed by atoms with van der Waals surface area (Å²) in [6, 6.07) is 0.343. The average Bonchev–Trinajstić information content (AvgIpc) is 2.74. The van der Waals surface area contributed by atoms with Crippen LogP contribution in [0, 0.1) is 16.7 Å². The van der Waals surface area contributed by atoms with Gasteiger partial charge in [0.15, 0.2) is 0 Å². The summed E-state index contributed by atoms with van der Waals surface area (Å²) in [5, 5.41) is 6.73. The Kier molecular flexibility index (Phi) is 3.96. The summed E-state index contributed by atoms with van der Waals surface area (Å²) >= 11 is 0. The minimum atomic E-state index is 0.0813. The lowest BCUT2D eigenvalue weighted by atomic mass is 9.68. The molecule has 3 heteroatoms. The first-order chi connectivity index (χ1) is 9.05. The Labute approximate surface area is 124 Å². The topological polar surface area (TPSA) is 41.1 Å². The molecule has 3 atom stereocenters. The Morgan fingerprint density at radius 3 is 2.40 bits per heavy atom. The van der Waals surface area contributed by atoms with Crippen molar-refractivity contribution in [3.05, 3.63) is 0 Å². The third kappa shape index (κ3) is 3.03. The summed E-state index contributed by atoms with van der Waals surface area (Å²) in [5.74, 6) is 0.985. The van der Waals surface area contributed by atoms with E-state index in [0.717, 1.165) is 12.5 Å². The number of rotatable bonds is 4. The van der Waals surface area contributed by atoms with Crippen molar-refractivity contribution >= 4 is 5.91 Å². The first-order valence-corrected chi connectivity index (χ1v) is 8.09. The van der Waals surface area contributed by atoms with E-state index in [4.69, 9.17) is 0 Å². The largest absolute Gasteiger partial charge is 0.352 e. The van der Waals surface area contributed by atoms with E-state index in [-0.39, 0.29) is 16.9 Å². The second kappa shape index (κ2) is 5.01. The van der Waals surface area contributed by atoms with Gasteiger partial charge < -0.3 is 10.6 Å². The number of hydrogen-bond acceptors (Lipinski definition) is 2. The third-order valence-corrected chi connectivity index (χ3v) is 5.58. The van der Waals surface area contributed by atoms with Crippen LogP contribution in [0.15, 0.2) is 0 Å². The summed E-state index contributed by atoms with van der Waals surface area (Å²) in [7, 11) is 0. The maximum absolute atomic E-state index is 12.2. The molecule has 2 bridgehead atoms. The van der Waals surface area contributed by atoms with Crippen LogP contribution in [0.5, 0.6) is 0 Å². The van der Waals surface area contributed by atoms with Gasteiger partial charge in [-0.15, -0.1) is 0 Å². The number of hydrogen-bond donors (Lipinski definition) is 2. The molecular formula is C17H32N2O. The van der Waals surface area contributed by atoms with E-state index in [2.05, 4.69) is 52.2 Å². The van der Waals surface area contributed by atoms with Crippen molar-refractivity contribution in [1.29, 1.82) is 0 Å². The van der Waals surface area contributed by atoms with Gasteiger partial charge in [0, 0.05) is 24.5 Å². The van der Waals surface area contributed by atoms with Gasteiger partial charge in [0.25, 0.3) is 0 Å². The van der Waals surface area contributed by atoms with Gasteiger partial charge in [0.05, 0.1) is 0 Å². The van der Waals surface area contributed by atoms with Crippen molar-refractivity contribution < 1.29 is 4.79 Å². The molecule has 3 nitrogen and oxygen atoms in total. The second-order valence-electron chi connectivity index (χ2n) is 8.84. The highest BCUT2D eigenvalue weighted by Crippen LogP contribution is 2.62. The Morgan fingerprint density at radius 1 is 1.25 bits per heavy atom. The van der Waals surface area contributed by atoms with Crippen molar-refractivity contribution in [2.24, 2.45) is 16.7 Å². The van der Waals surface area contributed by atoms with Crippen LogP contribution in [0.3, 0.4) is 0 Å². The lowest BCUT2D eigenvalue weighted by Crippen LogP contribution is -2.52. The molecule has 2 N–H and O–H groups in total. The van der Waals surface area contributed by atoms with Crippen molar-refractivity contribution in [3.63, 3.8) is 0 Å². The van der Waals surface area contributed by atoms with E-state index in [1.165, 1.54) is 19.3 Å². The van der Waals surface area contributed by atoms with E-state index in [1.807, 2.05) is 0 Å². The minimum absolute atomic E-state index is 0.0813. The fourth-order valence-corrected chi connectivity index (χ4v) is 4.45. The highest BCUT2D eigenvalue weighted by molar-refractivity contribution is 5.76. The average molecular weight is 280 g/mol. The van der Waals surface area contributed by atoms with E-state index < -0.39 is 0 Å². The molecule has 0 heterocycles. The first kappa shape index (κ1) is 15.8. The number of amides is 1. The van der Waals surface area contributed by atoms with Crippen molar-refractivity contribution in [3.8, 4) is 0 Å². The molecule has 116 valence electrons. The predicted molar refractivity (Wildman–Crippen MR) is 83.5 cm³/mol. The fraction of sp³-hybridized carbons (Fsp3) is 0.941. The maximum Gasteiger partial charge on any atom is 0.221 e. The van der Waals surface area contributed by atoms with Crippen LogP contribution in [0.1, 0.15) is 67.2 Å². The van der Waals surface area contributed by atoms with E-state index >= 15 is 0 Å². The minimum Gasteiger partial charge on any atom is -0.352 e. The van der Waals surface area contributed by atoms with Gasteiger partial charge in [0.2, 0.25) is 5.91 Å². The zero-order chi connectivity index (χ0) is 15.2. The lowest BCUT2D eigenvalue weighted by Gasteiger charge is -2.43. The quantitative estimate of drug-likeness (QED) is 0.831. The van der Waals surface area contributed by atoms with Crippen LogP contribution >= 0.6 is 0 Å². The smallest absolute Gasteiger partial charge is 0.221 e. The normalized spacial score (nSPS) is 35.3. The SMILES string of the molecule is CC(C)(C)NCCC(=O)NC1C2(C)CCC(C2)C1(C)C. The van der Waals surface area contributed by atoms with Crippen molar-refractivity contribution in [2.45, 2.75) is 78.8 Å². The molecule has 0 aromatic carbocycles. The molecule has 20 heavy (non-hydrogen) atoms. The molecule has 0 spiro atoms. The fourth-order valence-electron chi connectivity index (χ4n) is 4.45. The summed E-state index contributed by atoms with van der Waals surface area (Å²) in [5.41, 5.74) is 0.652. The molecule has 2 aliphatic rings. The molecule has 3 unspecified atom stereocenters. The Morgan fingerprint density at radius 2 is 1.90 bits per heavy atom. The molecule has 2 aliphatic carbocycles. The molecule has 0 aromatic heterocycles. The van der Waals surface area contributed by atoms with Gasteiger partial charge in [-0.05, 0) is 56.8 Å². The standard InChI is InChI=1S/C17H32N2O/c1-15(2,3)18-10-8-13(20)19-14-16(4,5)12-7-9-17(14,6)11-12/h12,14,18H,7-11H2,1-6H3,(H,19,20). The van der Waals surface area contributed by atoms with Gasteiger partial charge >= 0.3 is 0 Å². The van der Waals surface area contributed by atoms with Gasteiger partial charge in [-0.25, -0.2) is 0 Å². The van der Waals surface area contributed by atoms with Crippen molar-refractivity contribution in [2.75, 3.05) is 6.54 Å². The molecular weight excluding hydrogens is 248 g/mol. The highest BCUT2D eigenvalue weighted by Gasteiger charge is 2.59. The Balaban J connectivity index is 1.88. The van der Waals surface area contributed by atoms with Crippen molar-refractivity contribution in [1.82, 2.24) is 10.6 Å².